The van der Waals surface area contributed by atoms with Crippen LogP contribution in [0.2, 0.25) is 0 Å². The number of aromatic nitrogens is 5. The van der Waals surface area contributed by atoms with Gasteiger partial charge in [0.15, 0.2) is 5.65 Å². The first-order chi connectivity index (χ1) is 15.6. The van der Waals surface area contributed by atoms with Gasteiger partial charge in [-0.25, -0.2) is 13.9 Å². The number of hydrogen-bond donors (Lipinski definition) is 1. The summed E-state index contributed by atoms with van der Waals surface area (Å²) in [5.41, 5.74) is 2.45. The van der Waals surface area contributed by atoms with Crippen molar-refractivity contribution in [2.24, 2.45) is 0 Å². The lowest BCUT2D eigenvalue weighted by Gasteiger charge is -2.31. The van der Waals surface area contributed by atoms with Gasteiger partial charge in [-0.3, -0.25) is 0 Å². The van der Waals surface area contributed by atoms with Gasteiger partial charge in [0.2, 0.25) is 11.1 Å². The molecule has 1 aromatic carbocycles. The average Bonchev–Trinajstić information content (AvgIpc) is 3.42. The Balaban J connectivity index is 1.32. The lowest BCUT2D eigenvalue weighted by molar-refractivity contribution is 0.137. The summed E-state index contributed by atoms with van der Waals surface area (Å²) in [5.74, 6) is 1.14. The van der Waals surface area contributed by atoms with Gasteiger partial charge in [-0.1, -0.05) is 18.2 Å². The Morgan fingerprint density at radius 3 is 2.62 bits per heavy atom. The van der Waals surface area contributed by atoms with Gasteiger partial charge >= 0.3 is 0 Å². The lowest BCUT2D eigenvalue weighted by atomic mass is 10.0. The van der Waals surface area contributed by atoms with Gasteiger partial charge in [-0.15, -0.1) is 5.10 Å². The predicted molar refractivity (Wildman–Crippen MR) is 122 cm³/mol. The number of hydrogen-bond acceptors (Lipinski definition) is 8. The third kappa shape index (κ3) is 4.15. The normalized spacial score (nSPS) is 15.9. The molecule has 10 heteroatoms. The first-order valence-electron chi connectivity index (χ1n) is 10.6. The summed E-state index contributed by atoms with van der Waals surface area (Å²) in [4.78, 5) is 11.5. The maximum absolute atomic E-state index is 13.4. The quantitative estimate of drug-likeness (QED) is 0.475. The van der Waals surface area contributed by atoms with Crippen molar-refractivity contribution < 1.29 is 9.13 Å². The summed E-state index contributed by atoms with van der Waals surface area (Å²) in [6.07, 6.45) is 3.44. The SMILES string of the molecule is COC(c1ccc(F)cc1)c1cccn2nc(NC3CCN(c4nc(C)ns4)CC3)nc12. The number of fused-ring (bicyclic) bond motifs is 1. The van der Waals surface area contributed by atoms with E-state index in [0.29, 0.717) is 11.6 Å². The molecule has 0 amide bonds. The number of piperidine rings is 1. The Hall–Kier alpha value is -3.11. The molecular formula is C22H24FN7OS. The number of methoxy groups -OCH3 is 1. The average molecular weight is 454 g/mol. The van der Waals surface area contributed by atoms with Crippen LogP contribution in [-0.2, 0) is 4.74 Å². The number of halogens is 1. The van der Waals surface area contributed by atoms with Crippen LogP contribution in [0.1, 0.15) is 35.9 Å². The van der Waals surface area contributed by atoms with Gasteiger partial charge in [0.05, 0.1) is 0 Å². The highest BCUT2D eigenvalue weighted by Gasteiger charge is 2.24. The second-order valence-corrected chi connectivity index (χ2v) is 8.59. The Morgan fingerprint density at radius 2 is 1.94 bits per heavy atom. The highest BCUT2D eigenvalue weighted by atomic mass is 32.1. The zero-order valence-electron chi connectivity index (χ0n) is 17.9. The molecule has 1 N–H and O–H groups in total. The Labute approximate surface area is 189 Å². The van der Waals surface area contributed by atoms with Crippen molar-refractivity contribution in [3.63, 3.8) is 0 Å². The Bertz CT molecular complexity index is 1200. The van der Waals surface area contributed by atoms with Crippen molar-refractivity contribution in [3.05, 3.63) is 65.4 Å². The topological polar surface area (TPSA) is 80.5 Å². The molecule has 3 aromatic heterocycles. The van der Waals surface area contributed by atoms with E-state index >= 15 is 0 Å². The molecule has 1 fully saturated rings. The predicted octanol–water partition coefficient (Wildman–Crippen LogP) is 3.85. The van der Waals surface area contributed by atoms with Gasteiger partial charge in [-0.2, -0.15) is 9.36 Å². The number of pyridine rings is 1. The fourth-order valence-electron chi connectivity index (χ4n) is 4.09. The van der Waals surface area contributed by atoms with E-state index in [1.54, 1.807) is 23.8 Å². The van der Waals surface area contributed by atoms with Crippen molar-refractivity contribution in [2.45, 2.75) is 31.9 Å². The molecule has 1 aliphatic heterocycles. The minimum Gasteiger partial charge on any atom is -0.372 e. The molecular weight excluding hydrogens is 429 g/mol. The van der Waals surface area contributed by atoms with E-state index in [4.69, 9.17) is 9.72 Å². The van der Waals surface area contributed by atoms with Crippen LogP contribution in [0.4, 0.5) is 15.5 Å². The Kier molecular flexibility index (Phi) is 5.71. The van der Waals surface area contributed by atoms with E-state index in [1.807, 2.05) is 25.3 Å². The lowest BCUT2D eigenvalue weighted by Crippen LogP contribution is -2.39. The third-order valence-electron chi connectivity index (χ3n) is 5.70. The number of anilines is 2. The number of ether oxygens (including phenoxy) is 1. The number of benzene rings is 1. The Morgan fingerprint density at radius 1 is 1.16 bits per heavy atom. The fourth-order valence-corrected chi connectivity index (χ4v) is 4.81. The number of aryl methyl sites for hydroxylation is 1. The van der Waals surface area contributed by atoms with Gasteiger partial charge in [0.1, 0.15) is 17.7 Å². The second-order valence-electron chi connectivity index (χ2n) is 7.86. The molecule has 1 aliphatic rings. The van der Waals surface area contributed by atoms with Crippen LogP contribution in [0.3, 0.4) is 0 Å². The molecule has 32 heavy (non-hydrogen) atoms. The van der Waals surface area contributed by atoms with Crippen molar-refractivity contribution in [3.8, 4) is 0 Å². The van der Waals surface area contributed by atoms with E-state index < -0.39 is 0 Å². The van der Waals surface area contributed by atoms with Gasteiger partial charge in [-0.05, 0) is 43.5 Å². The standard InChI is InChI=1S/C22H24FN7OS/c1-14-24-22(32-28-14)29-12-9-17(10-13-29)25-21-26-20-18(4-3-11-30(20)27-21)19(31-2)15-5-7-16(23)8-6-15/h3-8,11,17,19H,9-10,12-13H2,1-2H3,(H,25,27). The fraction of sp³-hybridized carbons (Fsp3) is 0.364. The van der Waals surface area contributed by atoms with Gasteiger partial charge in [0.25, 0.3) is 0 Å². The molecule has 8 nitrogen and oxygen atoms in total. The molecule has 4 heterocycles. The summed E-state index contributed by atoms with van der Waals surface area (Å²) in [6.45, 7) is 3.75. The van der Waals surface area contributed by atoms with Crippen LogP contribution in [0.25, 0.3) is 5.65 Å². The molecule has 0 radical (unpaired) electrons. The monoisotopic (exact) mass is 453 g/mol. The molecule has 1 atom stereocenters. The first kappa shape index (κ1) is 20.8. The van der Waals surface area contributed by atoms with Crippen molar-refractivity contribution in [2.75, 3.05) is 30.4 Å². The molecule has 5 rings (SSSR count). The van der Waals surface area contributed by atoms with Crippen LogP contribution < -0.4 is 10.2 Å². The molecule has 0 bridgehead atoms. The first-order valence-corrected chi connectivity index (χ1v) is 11.3. The number of rotatable bonds is 6. The van der Waals surface area contributed by atoms with Gasteiger partial charge < -0.3 is 15.0 Å². The van der Waals surface area contributed by atoms with E-state index in [1.165, 1.54) is 23.7 Å². The number of nitrogens with zero attached hydrogens (tertiary/aromatic N) is 6. The van der Waals surface area contributed by atoms with Crippen LogP contribution in [0.5, 0.6) is 0 Å². The van der Waals surface area contributed by atoms with Crippen molar-refractivity contribution in [1.82, 2.24) is 24.0 Å². The van der Waals surface area contributed by atoms with E-state index in [9.17, 15) is 4.39 Å². The maximum Gasteiger partial charge on any atom is 0.243 e. The van der Waals surface area contributed by atoms with Gasteiger partial charge in [0, 0.05) is 49.5 Å². The summed E-state index contributed by atoms with van der Waals surface area (Å²) in [6, 6.07) is 10.5. The van der Waals surface area contributed by atoms with E-state index in [2.05, 4.69) is 24.7 Å². The van der Waals surface area contributed by atoms with Crippen LogP contribution in [0.15, 0.2) is 42.6 Å². The van der Waals surface area contributed by atoms with Crippen molar-refractivity contribution >= 4 is 28.3 Å². The highest BCUT2D eigenvalue weighted by molar-refractivity contribution is 7.09. The zero-order valence-corrected chi connectivity index (χ0v) is 18.7. The highest BCUT2D eigenvalue weighted by Crippen LogP contribution is 2.29. The molecule has 0 aliphatic carbocycles. The molecule has 0 spiro atoms. The smallest absolute Gasteiger partial charge is 0.243 e. The van der Waals surface area contributed by atoms with Crippen LogP contribution in [0, 0.1) is 12.7 Å². The molecule has 1 saturated heterocycles. The minimum atomic E-state index is -0.366. The summed E-state index contributed by atoms with van der Waals surface area (Å²) < 4.78 is 25.2. The largest absolute Gasteiger partial charge is 0.372 e. The third-order valence-corrected chi connectivity index (χ3v) is 6.57. The van der Waals surface area contributed by atoms with E-state index in [-0.39, 0.29) is 18.0 Å². The maximum atomic E-state index is 13.4. The second kappa shape index (κ2) is 8.79. The van der Waals surface area contributed by atoms with Crippen LogP contribution in [-0.4, -0.2) is 50.2 Å². The minimum absolute atomic E-state index is 0.275. The summed E-state index contributed by atoms with van der Waals surface area (Å²) in [5, 5.41) is 9.09. The molecule has 166 valence electrons. The van der Waals surface area contributed by atoms with Crippen molar-refractivity contribution in [1.29, 1.82) is 0 Å². The van der Waals surface area contributed by atoms with E-state index in [0.717, 1.165) is 48.0 Å². The molecule has 0 saturated carbocycles. The molecule has 1 unspecified atom stereocenters. The summed E-state index contributed by atoms with van der Waals surface area (Å²) in [7, 11) is 1.64. The summed E-state index contributed by atoms with van der Waals surface area (Å²) >= 11 is 1.45. The molecule has 4 aromatic rings. The zero-order chi connectivity index (χ0) is 22.1. The van der Waals surface area contributed by atoms with Crippen LogP contribution >= 0.6 is 11.5 Å². The number of nitrogens with one attached hydrogen (secondary N) is 1.